The predicted octanol–water partition coefficient (Wildman–Crippen LogP) is 4.38. The summed E-state index contributed by atoms with van der Waals surface area (Å²) in [5, 5.41) is 11.0. The number of esters is 1. The number of hydrogen-bond donors (Lipinski definition) is 1. The van der Waals surface area contributed by atoms with E-state index in [0.717, 1.165) is 12.8 Å². The summed E-state index contributed by atoms with van der Waals surface area (Å²) in [6.45, 7) is 17.5. The van der Waals surface area contributed by atoms with E-state index in [4.69, 9.17) is 9.47 Å². The second-order valence-corrected chi connectivity index (χ2v) is 10.8. The number of Topliss-reactive ketones (excluding diaryl/α,β-unsaturated/α-hetero) is 1. The fourth-order valence-electron chi connectivity index (χ4n) is 6.48. The normalized spacial score (nSPS) is 45.9. The van der Waals surface area contributed by atoms with Crippen LogP contribution in [-0.4, -0.2) is 40.3 Å². The van der Waals surface area contributed by atoms with Crippen LogP contribution in [0.15, 0.2) is 24.3 Å². The van der Waals surface area contributed by atoms with E-state index in [1.54, 1.807) is 26.0 Å². The van der Waals surface area contributed by atoms with Crippen molar-refractivity contribution >= 4 is 11.8 Å². The predicted molar refractivity (Wildman–Crippen MR) is 116 cm³/mol. The highest BCUT2D eigenvalue weighted by Crippen LogP contribution is 2.65. The molecule has 5 heteroatoms. The van der Waals surface area contributed by atoms with Gasteiger partial charge in [-0.25, -0.2) is 4.79 Å². The van der Waals surface area contributed by atoms with Crippen LogP contribution in [0, 0.1) is 22.7 Å². The molecule has 0 radical (unpaired) electrons. The Kier molecular flexibility index (Phi) is 5.65. The molecule has 0 bridgehead atoms. The van der Waals surface area contributed by atoms with Crippen LogP contribution in [-0.2, 0) is 19.1 Å². The molecule has 0 aromatic carbocycles. The van der Waals surface area contributed by atoms with E-state index >= 15 is 0 Å². The molecule has 1 N–H and O–H groups in total. The number of aliphatic hydroxyl groups is 1. The standard InChI is InChI=1S/C25H38O5/c1-9-15(3)21(28)29-20-14-18(26)22(4,5)17-13-19(27)25(8)16(24(17,20)7)11-12-23(6,10-2)30-25/h9-10,16-18,20,26H,2,11-14H2,1,3-8H3/b15-9-/t16-,17+,18-,20+,23+,24-,25+/m0/s1. The third-order valence-electron chi connectivity index (χ3n) is 8.81. The molecule has 0 amide bonds. The molecule has 3 rings (SSSR count). The van der Waals surface area contributed by atoms with Gasteiger partial charge in [0.2, 0.25) is 0 Å². The number of fused-ring (bicyclic) bond motifs is 3. The van der Waals surface area contributed by atoms with Crippen LogP contribution in [0.2, 0.25) is 0 Å². The van der Waals surface area contributed by atoms with Crippen LogP contribution in [0.3, 0.4) is 0 Å². The SMILES string of the molecule is C=C[C@]1(C)CC[C@H]2[C@@]3(C)[C@H](CC(=O)[C@]2(C)O1)C(C)(C)[C@@H](O)C[C@H]3OC(=O)/C(C)=C\C. The zero-order valence-corrected chi connectivity index (χ0v) is 19.6. The summed E-state index contributed by atoms with van der Waals surface area (Å²) in [6, 6.07) is 0. The Balaban J connectivity index is 2.10. The first-order valence-electron chi connectivity index (χ1n) is 11.1. The first-order valence-corrected chi connectivity index (χ1v) is 11.1. The van der Waals surface area contributed by atoms with Crippen LogP contribution < -0.4 is 0 Å². The Morgan fingerprint density at radius 2 is 1.87 bits per heavy atom. The topological polar surface area (TPSA) is 72.8 Å². The highest BCUT2D eigenvalue weighted by molar-refractivity contribution is 5.90. The summed E-state index contributed by atoms with van der Waals surface area (Å²) in [6.07, 6.45) is 4.59. The van der Waals surface area contributed by atoms with Crippen LogP contribution >= 0.6 is 0 Å². The van der Waals surface area contributed by atoms with E-state index in [2.05, 4.69) is 13.5 Å². The van der Waals surface area contributed by atoms with Gasteiger partial charge >= 0.3 is 5.97 Å². The van der Waals surface area contributed by atoms with E-state index < -0.39 is 34.2 Å². The van der Waals surface area contributed by atoms with Crippen molar-refractivity contribution in [3.05, 3.63) is 24.3 Å². The fourth-order valence-corrected chi connectivity index (χ4v) is 6.48. The lowest BCUT2D eigenvalue weighted by Crippen LogP contribution is -2.71. The maximum absolute atomic E-state index is 13.5. The van der Waals surface area contributed by atoms with Crippen LogP contribution in [0.4, 0.5) is 0 Å². The van der Waals surface area contributed by atoms with E-state index in [-0.39, 0.29) is 23.6 Å². The highest BCUT2D eigenvalue weighted by Gasteiger charge is 2.69. The van der Waals surface area contributed by atoms with Crippen molar-refractivity contribution in [2.45, 2.75) is 97.6 Å². The first-order chi connectivity index (χ1) is 13.8. The van der Waals surface area contributed by atoms with Gasteiger partial charge in [0.15, 0.2) is 5.78 Å². The third-order valence-corrected chi connectivity index (χ3v) is 8.81. The first kappa shape index (κ1) is 23.2. The molecular formula is C25H38O5. The van der Waals surface area contributed by atoms with Crippen LogP contribution in [0.5, 0.6) is 0 Å². The van der Waals surface area contributed by atoms with Gasteiger partial charge < -0.3 is 14.6 Å². The number of aliphatic hydroxyl groups excluding tert-OH is 1. The minimum atomic E-state index is -0.967. The van der Waals surface area contributed by atoms with E-state index in [1.807, 2.05) is 27.7 Å². The minimum Gasteiger partial charge on any atom is -0.458 e. The van der Waals surface area contributed by atoms with Gasteiger partial charge in [-0.05, 0) is 51.9 Å². The second-order valence-electron chi connectivity index (χ2n) is 10.8. The molecule has 3 fully saturated rings. The zero-order valence-electron chi connectivity index (χ0n) is 19.6. The van der Waals surface area contributed by atoms with Gasteiger partial charge in [0.05, 0.1) is 11.7 Å². The molecule has 168 valence electrons. The molecule has 2 saturated carbocycles. The average molecular weight is 419 g/mol. The van der Waals surface area contributed by atoms with Crippen molar-refractivity contribution in [3.63, 3.8) is 0 Å². The summed E-state index contributed by atoms with van der Waals surface area (Å²) in [5.41, 5.74) is -1.93. The second kappa shape index (κ2) is 7.30. The van der Waals surface area contributed by atoms with E-state index in [9.17, 15) is 14.7 Å². The largest absolute Gasteiger partial charge is 0.458 e. The minimum absolute atomic E-state index is 0.0691. The van der Waals surface area contributed by atoms with Crippen molar-refractivity contribution < 1.29 is 24.2 Å². The maximum atomic E-state index is 13.5. The van der Waals surface area contributed by atoms with Crippen molar-refractivity contribution in [2.24, 2.45) is 22.7 Å². The van der Waals surface area contributed by atoms with Gasteiger partial charge in [-0.2, -0.15) is 0 Å². The Bertz CT molecular complexity index is 782. The Morgan fingerprint density at radius 3 is 2.43 bits per heavy atom. The molecule has 30 heavy (non-hydrogen) atoms. The Labute approximate surface area is 180 Å². The summed E-state index contributed by atoms with van der Waals surface area (Å²) in [7, 11) is 0. The molecule has 7 atom stereocenters. The smallest absolute Gasteiger partial charge is 0.333 e. The van der Waals surface area contributed by atoms with Gasteiger partial charge in [0, 0.05) is 29.7 Å². The van der Waals surface area contributed by atoms with Gasteiger partial charge in [-0.3, -0.25) is 4.79 Å². The van der Waals surface area contributed by atoms with Gasteiger partial charge in [-0.15, -0.1) is 6.58 Å². The quantitative estimate of drug-likeness (QED) is 0.418. The summed E-state index contributed by atoms with van der Waals surface area (Å²) in [5.74, 6) is -0.514. The van der Waals surface area contributed by atoms with E-state index in [1.165, 1.54) is 0 Å². The molecule has 0 aromatic heterocycles. The molecule has 5 nitrogen and oxygen atoms in total. The molecule has 1 aliphatic heterocycles. The van der Waals surface area contributed by atoms with Crippen LogP contribution in [0.25, 0.3) is 0 Å². The Morgan fingerprint density at radius 1 is 1.23 bits per heavy atom. The summed E-state index contributed by atoms with van der Waals surface area (Å²) >= 11 is 0. The monoisotopic (exact) mass is 418 g/mol. The molecule has 3 aliphatic rings. The van der Waals surface area contributed by atoms with Crippen molar-refractivity contribution in [2.75, 3.05) is 0 Å². The fraction of sp³-hybridized carbons (Fsp3) is 0.760. The molecule has 0 aromatic rings. The molecular weight excluding hydrogens is 380 g/mol. The van der Waals surface area contributed by atoms with Gasteiger partial charge in [0.1, 0.15) is 11.7 Å². The van der Waals surface area contributed by atoms with Crippen molar-refractivity contribution in [1.82, 2.24) is 0 Å². The highest BCUT2D eigenvalue weighted by atomic mass is 16.5. The number of rotatable bonds is 3. The molecule has 1 saturated heterocycles. The lowest BCUT2D eigenvalue weighted by molar-refractivity contribution is -0.272. The van der Waals surface area contributed by atoms with Crippen molar-refractivity contribution in [3.8, 4) is 0 Å². The number of hydrogen-bond acceptors (Lipinski definition) is 5. The zero-order chi connectivity index (χ0) is 22.7. The van der Waals surface area contributed by atoms with Gasteiger partial charge in [0.25, 0.3) is 0 Å². The number of ketones is 1. The number of carbonyl (C=O) groups excluding carboxylic acids is 2. The van der Waals surface area contributed by atoms with Gasteiger partial charge in [-0.1, -0.05) is 32.9 Å². The number of allylic oxidation sites excluding steroid dienone is 1. The molecule has 0 unspecified atom stereocenters. The molecule has 0 spiro atoms. The third kappa shape index (κ3) is 3.20. The maximum Gasteiger partial charge on any atom is 0.333 e. The number of carbonyl (C=O) groups is 2. The molecule has 1 heterocycles. The Hall–Kier alpha value is -1.46. The van der Waals surface area contributed by atoms with E-state index in [0.29, 0.717) is 18.4 Å². The molecule has 2 aliphatic carbocycles. The summed E-state index contributed by atoms with van der Waals surface area (Å²) < 4.78 is 12.5. The average Bonchev–Trinajstić information content (AvgIpc) is 2.68. The lowest BCUT2D eigenvalue weighted by Gasteiger charge is -2.66. The number of ether oxygens (including phenoxy) is 2. The van der Waals surface area contributed by atoms with Crippen LogP contribution in [0.1, 0.15) is 74.1 Å². The lowest BCUT2D eigenvalue weighted by atomic mass is 9.42. The van der Waals surface area contributed by atoms with Crippen molar-refractivity contribution in [1.29, 1.82) is 0 Å². The summed E-state index contributed by atoms with van der Waals surface area (Å²) in [4.78, 5) is 26.2.